The number of sulfonamides is 1. The summed E-state index contributed by atoms with van der Waals surface area (Å²) in [6.07, 6.45) is 0.880. The molecule has 1 aliphatic heterocycles. The lowest BCUT2D eigenvalue weighted by Crippen LogP contribution is -2.50. The molecule has 108 valence electrons. The Bertz CT molecular complexity index is 345. The molecule has 0 aromatic heterocycles. The Morgan fingerprint density at radius 2 is 2.17 bits per heavy atom. The Morgan fingerprint density at radius 3 is 2.72 bits per heavy atom. The first kappa shape index (κ1) is 15.9. The Labute approximate surface area is 111 Å². The summed E-state index contributed by atoms with van der Waals surface area (Å²) >= 11 is 0. The van der Waals surface area contributed by atoms with Crippen LogP contribution in [-0.2, 0) is 14.8 Å². The number of nitrogens with one attached hydrogen (secondary N) is 1. The van der Waals surface area contributed by atoms with Crippen LogP contribution in [0.5, 0.6) is 0 Å². The molecule has 6 heteroatoms. The van der Waals surface area contributed by atoms with Crippen LogP contribution in [0.2, 0.25) is 0 Å². The highest BCUT2D eigenvalue weighted by atomic mass is 32.2. The van der Waals surface area contributed by atoms with Gasteiger partial charge in [0.15, 0.2) is 0 Å². The van der Waals surface area contributed by atoms with Crippen LogP contribution >= 0.6 is 0 Å². The van der Waals surface area contributed by atoms with Gasteiger partial charge in [0, 0.05) is 26.7 Å². The quantitative estimate of drug-likeness (QED) is 0.776. The fourth-order valence-corrected chi connectivity index (χ4v) is 3.80. The second-order valence-corrected chi connectivity index (χ2v) is 7.41. The van der Waals surface area contributed by atoms with Gasteiger partial charge in [0.25, 0.3) is 0 Å². The van der Waals surface area contributed by atoms with Gasteiger partial charge in [-0.1, -0.05) is 13.8 Å². The topological polar surface area (TPSA) is 58.6 Å². The van der Waals surface area contributed by atoms with Crippen LogP contribution in [0.4, 0.5) is 0 Å². The predicted molar refractivity (Wildman–Crippen MR) is 73.1 cm³/mol. The normalized spacial score (nSPS) is 28.2. The molecule has 1 N–H and O–H groups in total. The zero-order valence-corrected chi connectivity index (χ0v) is 12.7. The molecule has 0 radical (unpaired) electrons. The maximum absolute atomic E-state index is 12.4. The van der Waals surface area contributed by atoms with E-state index < -0.39 is 10.0 Å². The molecule has 0 spiro atoms. The standard InChI is InChI=1S/C12H26N2O3S/c1-5-13-8-11(3)18(15,16)14-7-6-10(2)12(9-14)17-4/h10-13H,5-9H2,1-4H3. The first-order valence-electron chi connectivity index (χ1n) is 6.66. The van der Waals surface area contributed by atoms with Crippen molar-refractivity contribution >= 4 is 10.0 Å². The second kappa shape index (κ2) is 6.84. The van der Waals surface area contributed by atoms with E-state index >= 15 is 0 Å². The second-order valence-electron chi connectivity index (χ2n) is 5.06. The average Bonchev–Trinajstić information content (AvgIpc) is 2.36. The number of methoxy groups -OCH3 is 1. The minimum absolute atomic E-state index is 0.0138. The number of ether oxygens (including phenoxy) is 1. The fraction of sp³-hybridized carbons (Fsp3) is 1.00. The Kier molecular flexibility index (Phi) is 6.04. The molecule has 1 rings (SSSR count). The van der Waals surface area contributed by atoms with Crippen LogP contribution in [0.25, 0.3) is 0 Å². The van der Waals surface area contributed by atoms with E-state index in [0.29, 0.717) is 25.6 Å². The van der Waals surface area contributed by atoms with Crippen LogP contribution in [0.15, 0.2) is 0 Å². The molecule has 0 saturated carbocycles. The molecule has 1 saturated heterocycles. The van der Waals surface area contributed by atoms with Crippen molar-refractivity contribution < 1.29 is 13.2 Å². The van der Waals surface area contributed by atoms with Crippen molar-refractivity contribution in [2.24, 2.45) is 5.92 Å². The molecule has 0 aromatic rings. The van der Waals surface area contributed by atoms with Crippen molar-refractivity contribution in [3.8, 4) is 0 Å². The van der Waals surface area contributed by atoms with Gasteiger partial charge >= 0.3 is 0 Å². The number of hydrogen-bond acceptors (Lipinski definition) is 4. The fourth-order valence-electron chi connectivity index (χ4n) is 2.25. The summed E-state index contributed by atoms with van der Waals surface area (Å²) in [5.74, 6) is 0.422. The van der Waals surface area contributed by atoms with E-state index in [0.717, 1.165) is 13.0 Å². The molecule has 0 aromatic carbocycles. The van der Waals surface area contributed by atoms with E-state index in [1.807, 2.05) is 6.92 Å². The third kappa shape index (κ3) is 3.66. The van der Waals surface area contributed by atoms with E-state index in [1.54, 1.807) is 18.3 Å². The van der Waals surface area contributed by atoms with E-state index in [2.05, 4.69) is 12.2 Å². The highest BCUT2D eigenvalue weighted by Gasteiger charge is 2.35. The Morgan fingerprint density at radius 1 is 1.50 bits per heavy atom. The van der Waals surface area contributed by atoms with Crippen molar-refractivity contribution in [3.63, 3.8) is 0 Å². The summed E-state index contributed by atoms with van der Waals surface area (Å²) in [5, 5.41) is 2.70. The summed E-state index contributed by atoms with van der Waals surface area (Å²) in [5.41, 5.74) is 0. The van der Waals surface area contributed by atoms with Gasteiger partial charge in [-0.25, -0.2) is 8.42 Å². The Balaban J connectivity index is 2.67. The summed E-state index contributed by atoms with van der Waals surface area (Å²) in [6, 6.07) is 0. The van der Waals surface area contributed by atoms with E-state index in [-0.39, 0.29) is 11.4 Å². The van der Waals surface area contributed by atoms with E-state index in [9.17, 15) is 8.42 Å². The minimum atomic E-state index is -3.21. The van der Waals surface area contributed by atoms with Crippen LogP contribution in [0.3, 0.4) is 0 Å². The van der Waals surface area contributed by atoms with Gasteiger partial charge in [0.1, 0.15) is 0 Å². The predicted octanol–water partition coefficient (Wildman–Crippen LogP) is 0.671. The van der Waals surface area contributed by atoms with Gasteiger partial charge in [0.2, 0.25) is 10.0 Å². The van der Waals surface area contributed by atoms with Crippen LogP contribution in [0.1, 0.15) is 27.2 Å². The van der Waals surface area contributed by atoms with Gasteiger partial charge in [-0.3, -0.25) is 0 Å². The first-order chi connectivity index (χ1) is 8.43. The van der Waals surface area contributed by atoms with Crippen molar-refractivity contribution in [3.05, 3.63) is 0 Å². The number of nitrogens with zero attached hydrogens (tertiary/aromatic N) is 1. The third-order valence-electron chi connectivity index (χ3n) is 3.71. The zero-order chi connectivity index (χ0) is 13.8. The monoisotopic (exact) mass is 278 g/mol. The van der Waals surface area contributed by atoms with Crippen molar-refractivity contribution in [1.29, 1.82) is 0 Å². The van der Waals surface area contributed by atoms with Crippen molar-refractivity contribution in [2.45, 2.75) is 38.5 Å². The molecule has 5 nitrogen and oxygen atoms in total. The zero-order valence-electron chi connectivity index (χ0n) is 11.8. The minimum Gasteiger partial charge on any atom is -0.380 e. The number of piperidine rings is 1. The molecule has 0 aliphatic carbocycles. The molecule has 0 bridgehead atoms. The van der Waals surface area contributed by atoms with E-state index in [4.69, 9.17) is 4.74 Å². The third-order valence-corrected chi connectivity index (χ3v) is 5.94. The summed E-state index contributed by atoms with van der Waals surface area (Å²) in [4.78, 5) is 0. The molecule has 0 amide bonds. The van der Waals surface area contributed by atoms with Gasteiger partial charge in [-0.2, -0.15) is 4.31 Å². The lowest BCUT2D eigenvalue weighted by atomic mass is 9.97. The molecular weight excluding hydrogens is 252 g/mol. The molecule has 1 heterocycles. The molecule has 1 aliphatic rings. The van der Waals surface area contributed by atoms with Gasteiger partial charge in [-0.15, -0.1) is 0 Å². The van der Waals surface area contributed by atoms with Crippen LogP contribution in [0, 0.1) is 5.92 Å². The summed E-state index contributed by atoms with van der Waals surface area (Å²) in [7, 11) is -1.56. The highest BCUT2D eigenvalue weighted by molar-refractivity contribution is 7.89. The lowest BCUT2D eigenvalue weighted by molar-refractivity contribution is 0.0182. The van der Waals surface area contributed by atoms with Crippen molar-refractivity contribution in [2.75, 3.05) is 33.3 Å². The molecule has 1 fully saturated rings. The van der Waals surface area contributed by atoms with Gasteiger partial charge in [-0.05, 0) is 25.8 Å². The van der Waals surface area contributed by atoms with Gasteiger partial charge in [0.05, 0.1) is 11.4 Å². The SMILES string of the molecule is CCNCC(C)S(=O)(=O)N1CCC(C)C(OC)C1. The van der Waals surface area contributed by atoms with Gasteiger partial charge < -0.3 is 10.1 Å². The smallest absolute Gasteiger partial charge is 0.218 e. The summed E-state index contributed by atoms with van der Waals surface area (Å²) < 4.78 is 31.7. The largest absolute Gasteiger partial charge is 0.380 e. The van der Waals surface area contributed by atoms with Crippen LogP contribution < -0.4 is 5.32 Å². The molecular formula is C12H26N2O3S. The van der Waals surface area contributed by atoms with E-state index in [1.165, 1.54) is 0 Å². The number of rotatable bonds is 6. The number of hydrogen-bond donors (Lipinski definition) is 1. The average molecular weight is 278 g/mol. The maximum Gasteiger partial charge on any atom is 0.218 e. The lowest BCUT2D eigenvalue weighted by Gasteiger charge is -2.36. The maximum atomic E-state index is 12.4. The molecule has 3 unspecified atom stereocenters. The van der Waals surface area contributed by atoms with Crippen LogP contribution in [-0.4, -0.2) is 57.4 Å². The molecule has 3 atom stereocenters. The van der Waals surface area contributed by atoms with Crippen molar-refractivity contribution in [1.82, 2.24) is 9.62 Å². The first-order valence-corrected chi connectivity index (χ1v) is 8.16. The molecule has 18 heavy (non-hydrogen) atoms. The summed E-state index contributed by atoms with van der Waals surface area (Å²) in [6.45, 7) is 8.23. The Hall–Kier alpha value is -0.170. The highest BCUT2D eigenvalue weighted by Crippen LogP contribution is 2.23.